The third-order valence-electron chi connectivity index (χ3n) is 5.17. The molecule has 0 fully saturated rings. The fourth-order valence-corrected chi connectivity index (χ4v) is 4.77. The molecule has 0 bridgehead atoms. The molecule has 0 saturated heterocycles. The Kier molecular flexibility index (Phi) is 6.55. The maximum Gasteiger partial charge on any atom is 0.264 e. The van der Waals surface area contributed by atoms with Crippen molar-refractivity contribution in [2.45, 2.75) is 18.4 Å². The fourth-order valence-electron chi connectivity index (χ4n) is 3.33. The summed E-state index contributed by atoms with van der Waals surface area (Å²) in [6, 6.07) is 22.9. The number of sulfonamides is 1. The molecule has 0 unspecified atom stereocenters. The third kappa shape index (κ3) is 5.30. The van der Waals surface area contributed by atoms with Gasteiger partial charge >= 0.3 is 0 Å². The van der Waals surface area contributed by atoms with E-state index >= 15 is 0 Å². The normalized spacial score (nSPS) is 11.2. The summed E-state index contributed by atoms with van der Waals surface area (Å²) in [5.74, 6) is -0.395. The average molecular weight is 461 g/mol. The molecule has 1 heterocycles. The number of hydrogen-bond acceptors (Lipinski definition) is 4. The van der Waals surface area contributed by atoms with Crippen molar-refractivity contribution in [1.29, 1.82) is 0 Å². The number of imidazole rings is 1. The number of carbonyl (C=O) groups is 1. The smallest absolute Gasteiger partial charge is 0.264 e. The van der Waals surface area contributed by atoms with Gasteiger partial charge in [0.2, 0.25) is 5.91 Å². The average Bonchev–Trinajstić information content (AvgIpc) is 3.38. The highest BCUT2D eigenvalue weighted by Gasteiger charge is 2.27. The molecular weight excluding hydrogens is 436 g/mol. The molecule has 0 radical (unpaired) electrons. The van der Waals surface area contributed by atoms with E-state index in [9.17, 15) is 13.2 Å². The van der Waals surface area contributed by atoms with Crippen molar-refractivity contribution in [1.82, 2.24) is 14.9 Å². The summed E-state index contributed by atoms with van der Waals surface area (Å²) in [5.41, 5.74) is 3.30. The second-order valence-electron chi connectivity index (χ2n) is 7.57. The van der Waals surface area contributed by atoms with Crippen LogP contribution in [0.4, 0.5) is 5.69 Å². The molecule has 1 aromatic heterocycles. The summed E-state index contributed by atoms with van der Waals surface area (Å²) < 4.78 is 29.7. The molecule has 8 heteroatoms. The third-order valence-corrected chi connectivity index (χ3v) is 6.96. The maximum atomic E-state index is 13.3. The van der Waals surface area contributed by atoms with Gasteiger partial charge < -0.3 is 9.88 Å². The second-order valence-corrected chi connectivity index (χ2v) is 9.44. The van der Waals surface area contributed by atoms with E-state index in [1.54, 1.807) is 42.9 Å². The first-order valence-electron chi connectivity index (χ1n) is 10.4. The lowest BCUT2D eigenvalue weighted by atomic mass is 10.2. The maximum absolute atomic E-state index is 13.3. The van der Waals surface area contributed by atoms with E-state index in [0.717, 1.165) is 21.1 Å². The topological polar surface area (TPSA) is 84.3 Å². The van der Waals surface area contributed by atoms with Gasteiger partial charge in [0.15, 0.2) is 0 Å². The first-order chi connectivity index (χ1) is 15.9. The highest BCUT2D eigenvalue weighted by atomic mass is 32.2. The Balaban J connectivity index is 1.49. The van der Waals surface area contributed by atoms with Gasteiger partial charge in [-0.3, -0.25) is 9.10 Å². The SMILES string of the molecule is Cc1ccc(N(CC(=O)NCc2ccc(-n3ccnc3)cc2)S(=O)(=O)c2ccccc2)cc1. The van der Waals surface area contributed by atoms with E-state index in [2.05, 4.69) is 10.3 Å². The Morgan fingerprint density at radius 2 is 1.67 bits per heavy atom. The lowest BCUT2D eigenvalue weighted by Crippen LogP contribution is -2.40. The number of aryl methyl sites for hydroxylation is 1. The minimum atomic E-state index is -3.91. The Labute approximate surface area is 193 Å². The first-order valence-corrected chi connectivity index (χ1v) is 11.9. The monoisotopic (exact) mass is 460 g/mol. The largest absolute Gasteiger partial charge is 0.350 e. The highest BCUT2D eigenvalue weighted by Crippen LogP contribution is 2.24. The van der Waals surface area contributed by atoms with Crippen LogP contribution in [0.1, 0.15) is 11.1 Å². The van der Waals surface area contributed by atoms with Crippen molar-refractivity contribution in [3.8, 4) is 5.69 Å². The van der Waals surface area contributed by atoms with E-state index < -0.39 is 15.9 Å². The number of benzene rings is 3. The predicted molar refractivity (Wildman–Crippen MR) is 128 cm³/mol. The molecule has 0 aliphatic rings. The summed E-state index contributed by atoms with van der Waals surface area (Å²) in [4.78, 5) is 16.9. The van der Waals surface area contributed by atoms with Crippen LogP contribution in [0, 0.1) is 6.92 Å². The first kappa shape index (κ1) is 22.3. The second kappa shape index (κ2) is 9.70. The number of nitrogens with one attached hydrogen (secondary N) is 1. The van der Waals surface area contributed by atoms with Crippen molar-refractivity contribution in [2.24, 2.45) is 0 Å². The van der Waals surface area contributed by atoms with Gasteiger partial charge in [-0.1, -0.05) is 48.0 Å². The molecule has 1 N–H and O–H groups in total. The molecule has 168 valence electrons. The van der Waals surface area contributed by atoms with Crippen molar-refractivity contribution >= 4 is 21.6 Å². The molecule has 7 nitrogen and oxygen atoms in total. The summed E-state index contributed by atoms with van der Waals surface area (Å²) in [5, 5.41) is 2.82. The number of nitrogens with zero attached hydrogens (tertiary/aromatic N) is 3. The van der Waals surface area contributed by atoms with Gasteiger partial charge in [-0.15, -0.1) is 0 Å². The lowest BCUT2D eigenvalue weighted by Gasteiger charge is -2.24. The quantitative estimate of drug-likeness (QED) is 0.435. The summed E-state index contributed by atoms with van der Waals surface area (Å²) in [7, 11) is -3.91. The molecular formula is C25H24N4O3S. The summed E-state index contributed by atoms with van der Waals surface area (Å²) >= 11 is 0. The number of aromatic nitrogens is 2. The van der Waals surface area contributed by atoms with Crippen molar-refractivity contribution in [3.05, 3.63) is 109 Å². The molecule has 33 heavy (non-hydrogen) atoms. The Morgan fingerprint density at radius 1 is 0.970 bits per heavy atom. The Bertz CT molecular complexity index is 1300. The van der Waals surface area contributed by atoms with Crippen LogP contribution in [-0.2, 0) is 21.4 Å². The van der Waals surface area contributed by atoms with Crippen LogP contribution in [0.2, 0.25) is 0 Å². The fraction of sp³-hybridized carbons (Fsp3) is 0.120. The zero-order valence-electron chi connectivity index (χ0n) is 18.1. The molecule has 0 spiro atoms. The molecule has 0 saturated carbocycles. The molecule has 4 rings (SSSR count). The molecule has 1 amide bonds. The van der Waals surface area contributed by atoms with Crippen LogP contribution >= 0.6 is 0 Å². The van der Waals surface area contributed by atoms with Crippen LogP contribution < -0.4 is 9.62 Å². The molecule has 3 aromatic carbocycles. The standard InChI is InChI=1S/C25H24N4O3S/c1-20-7-11-23(12-8-20)29(33(31,32)24-5-3-2-4-6-24)18-25(30)27-17-21-9-13-22(14-10-21)28-16-15-26-19-28/h2-16,19H,17-18H2,1H3,(H,27,30). The minimum Gasteiger partial charge on any atom is -0.350 e. The van der Waals surface area contributed by atoms with E-state index in [-0.39, 0.29) is 18.0 Å². The van der Waals surface area contributed by atoms with Gasteiger partial charge in [0.25, 0.3) is 10.0 Å². The van der Waals surface area contributed by atoms with Crippen molar-refractivity contribution in [2.75, 3.05) is 10.8 Å². The van der Waals surface area contributed by atoms with E-state index in [1.165, 1.54) is 12.1 Å². The van der Waals surface area contributed by atoms with Crippen molar-refractivity contribution in [3.63, 3.8) is 0 Å². The minimum absolute atomic E-state index is 0.133. The molecule has 0 atom stereocenters. The molecule has 0 aliphatic carbocycles. The molecule has 0 aliphatic heterocycles. The van der Waals surface area contributed by atoms with E-state index in [4.69, 9.17) is 0 Å². The number of anilines is 1. The van der Waals surface area contributed by atoms with Crippen LogP contribution in [0.25, 0.3) is 5.69 Å². The van der Waals surface area contributed by atoms with Crippen LogP contribution in [0.5, 0.6) is 0 Å². The van der Waals surface area contributed by atoms with E-state index in [1.807, 2.05) is 54.1 Å². The molecule has 4 aromatic rings. The van der Waals surface area contributed by atoms with Crippen molar-refractivity contribution < 1.29 is 13.2 Å². The Morgan fingerprint density at radius 3 is 2.30 bits per heavy atom. The van der Waals surface area contributed by atoms with Gasteiger partial charge in [0.1, 0.15) is 6.54 Å². The van der Waals surface area contributed by atoms with Gasteiger partial charge in [-0.05, 0) is 48.9 Å². The van der Waals surface area contributed by atoms with Crippen LogP contribution in [0.15, 0.2) is 102 Å². The van der Waals surface area contributed by atoms with Gasteiger partial charge in [0.05, 0.1) is 16.9 Å². The zero-order valence-corrected chi connectivity index (χ0v) is 18.9. The number of amides is 1. The highest BCUT2D eigenvalue weighted by molar-refractivity contribution is 7.92. The summed E-state index contributed by atoms with van der Waals surface area (Å²) in [6.45, 7) is 1.88. The zero-order chi connectivity index (χ0) is 23.3. The van der Waals surface area contributed by atoms with Gasteiger partial charge in [0, 0.05) is 24.6 Å². The number of rotatable bonds is 8. The number of carbonyl (C=O) groups excluding carboxylic acids is 1. The van der Waals surface area contributed by atoms with Crippen LogP contribution in [-0.4, -0.2) is 30.4 Å². The van der Waals surface area contributed by atoms with Gasteiger partial charge in [-0.25, -0.2) is 13.4 Å². The van der Waals surface area contributed by atoms with E-state index in [0.29, 0.717) is 5.69 Å². The van der Waals surface area contributed by atoms with Gasteiger partial charge in [-0.2, -0.15) is 0 Å². The Hall–Kier alpha value is -3.91. The summed E-state index contributed by atoms with van der Waals surface area (Å²) in [6.07, 6.45) is 5.27. The van der Waals surface area contributed by atoms with Crippen LogP contribution in [0.3, 0.4) is 0 Å². The number of hydrogen-bond donors (Lipinski definition) is 1. The lowest BCUT2D eigenvalue weighted by molar-refractivity contribution is -0.119. The predicted octanol–water partition coefficient (Wildman–Crippen LogP) is 3.69.